The minimum absolute atomic E-state index is 0.0324. The number of Topliss-reactive ketones (excluding diaryl/α,β-unsaturated/α-hetero) is 2. The van der Waals surface area contributed by atoms with Crippen molar-refractivity contribution in [2.75, 3.05) is 11.9 Å². The van der Waals surface area contributed by atoms with Gasteiger partial charge in [-0.2, -0.15) is 0 Å². The summed E-state index contributed by atoms with van der Waals surface area (Å²) in [5.74, 6) is -3.40. The lowest BCUT2D eigenvalue weighted by molar-refractivity contribution is -0.201. The van der Waals surface area contributed by atoms with Gasteiger partial charge in [-0.1, -0.05) is 68.8 Å². The summed E-state index contributed by atoms with van der Waals surface area (Å²) >= 11 is 0. The Bertz CT molecular complexity index is 2680. The zero-order valence-electron chi connectivity index (χ0n) is 47.2. The van der Waals surface area contributed by atoms with E-state index in [9.17, 15) is 33.6 Å². The molecule has 0 aromatic heterocycles. The molecule has 4 fully saturated rings. The number of hydrogen-bond acceptors (Lipinski definition) is 15. The van der Waals surface area contributed by atoms with Gasteiger partial charge in [-0.15, -0.1) is 0 Å². The zero-order chi connectivity index (χ0) is 56.8. The Kier molecular flexibility index (Phi) is 17.5. The number of fused-ring (bicyclic) bond motifs is 7. The normalized spacial score (nSPS) is 29.2. The van der Waals surface area contributed by atoms with E-state index >= 15 is 4.79 Å². The molecule has 12 atom stereocenters. The van der Waals surface area contributed by atoms with Crippen LogP contribution in [-0.4, -0.2) is 93.5 Å². The van der Waals surface area contributed by atoms with E-state index in [1.165, 1.54) is 6.92 Å². The van der Waals surface area contributed by atoms with Crippen molar-refractivity contribution in [3.05, 3.63) is 89.0 Å². The molecule has 5 aliphatic rings. The van der Waals surface area contributed by atoms with E-state index in [2.05, 4.69) is 17.6 Å². The highest BCUT2D eigenvalue weighted by atomic mass is 31.2. The van der Waals surface area contributed by atoms with Crippen LogP contribution in [0.4, 0.5) is 5.69 Å². The maximum absolute atomic E-state index is 15.3. The largest absolute Gasteiger partial charge is 0.476 e. The van der Waals surface area contributed by atoms with Gasteiger partial charge in [0.15, 0.2) is 29.2 Å². The van der Waals surface area contributed by atoms with E-state index < -0.39 is 102 Å². The summed E-state index contributed by atoms with van der Waals surface area (Å²) in [6.45, 7) is 22.2. The van der Waals surface area contributed by atoms with Crippen LogP contribution < -0.4 is 16.4 Å². The van der Waals surface area contributed by atoms with E-state index in [1.807, 2.05) is 55.5 Å². The van der Waals surface area contributed by atoms with E-state index in [-0.39, 0.29) is 60.9 Å². The average Bonchev–Trinajstić information content (AvgIpc) is 3.83. The van der Waals surface area contributed by atoms with Crippen LogP contribution in [-0.2, 0) is 67.5 Å². The van der Waals surface area contributed by atoms with Crippen molar-refractivity contribution in [2.45, 2.75) is 194 Å². The number of phosphoric acid groups is 1. The molecular formula is C59H82N3O14P. The topological polar surface area (TPSA) is 245 Å². The van der Waals surface area contributed by atoms with Crippen molar-refractivity contribution >= 4 is 48.6 Å². The molecule has 0 unspecified atom stereocenters. The van der Waals surface area contributed by atoms with Crippen molar-refractivity contribution in [1.82, 2.24) is 5.32 Å². The standard InChI is InChI=1S/C59H82N3O14P/c1-34(27-45(64)35(2)61-52(69)44(60)23-24-49(67)73-54(3,4)5)51(68)62-40-16-14-15-37(29-40)28-36-17-19-38(20-18-36)53-72-48-31-43-42-22-21-39-30-41(63)25-26-57(39,12)50(42)46(65)32-58(43,13)59(48,74-53)47(66)33-71-77(70,75-55(6,7)8)76-56(9,10)11/h14-20,25-26,29-30,34-35,42-44,46,48,50,53,65H,21-24,27-28,31-33,60H2,1-13H3,(H,61,69)(H,62,68)/t34-,35+,42+,43+,44+,46+,48-,50-,53-,57+,58+,59-/m1/s1. The molecule has 1 heterocycles. The van der Waals surface area contributed by atoms with Crippen LogP contribution in [0.15, 0.2) is 72.3 Å². The molecule has 1 saturated heterocycles. The number of ether oxygens (including phenoxy) is 3. The lowest BCUT2D eigenvalue weighted by Gasteiger charge is -2.59. The van der Waals surface area contributed by atoms with Gasteiger partial charge in [-0.3, -0.25) is 42.3 Å². The molecule has 3 saturated carbocycles. The second kappa shape index (κ2) is 22.4. The second-order valence-corrected chi connectivity index (χ2v) is 27.0. The number of benzene rings is 2. The number of rotatable bonds is 19. The van der Waals surface area contributed by atoms with Crippen LogP contribution in [0.25, 0.3) is 0 Å². The summed E-state index contributed by atoms with van der Waals surface area (Å²) in [4.78, 5) is 79.0. The summed E-state index contributed by atoms with van der Waals surface area (Å²) in [6, 6.07) is 13.1. The minimum atomic E-state index is -4.33. The molecule has 0 bridgehead atoms. The smallest absolute Gasteiger partial charge is 0.460 e. The number of nitrogens with one attached hydrogen (secondary N) is 2. The maximum Gasteiger partial charge on any atom is 0.476 e. The Labute approximate surface area is 454 Å². The predicted octanol–water partition coefficient (Wildman–Crippen LogP) is 9.13. The van der Waals surface area contributed by atoms with Crippen molar-refractivity contribution in [2.24, 2.45) is 40.2 Å². The van der Waals surface area contributed by atoms with E-state index in [0.717, 1.165) is 16.7 Å². The highest BCUT2D eigenvalue weighted by molar-refractivity contribution is 7.48. The van der Waals surface area contributed by atoms with Gasteiger partial charge >= 0.3 is 13.8 Å². The molecule has 17 nitrogen and oxygen atoms in total. The van der Waals surface area contributed by atoms with Crippen LogP contribution >= 0.6 is 7.82 Å². The van der Waals surface area contributed by atoms with Crippen molar-refractivity contribution < 1.29 is 66.2 Å². The van der Waals surface area contributed by atoms with Crippen LogP contribution in [0, 0.1) is 34.5 Å². The van der Waals surface area contributed by atoms with Gasteiger partial charge in [0.1, 0.15) is 12.2 Å². The quantitative estimate of drug-likeness (QED) is 0.0757. The van der Waals surface area contributed by atoms with Gasteiger partial charge in [0, 0.05) is 46.8 Å². The number of ketones is 3. The van der Waals surface area contributed by atoms with Crippen LogP contribution in [0.2, 0.25) is 0 Å². The number of anilines is 1. The van der Waals surface area contributed by atoms with Crippen molar-refractivity contribution in [3.63, 3.8) is 0 Å². The third-order valence-corrected chi connectivity index (χ3v) is 17.8. The molecule has 5 N–H and O–H groups in total. The fourth-order valence-corrected chi connectivity index (χ4v) is 14.3. The number of amides is 2. The first-order chi connectivity index (χ1) is 35.6. The van der Waals surface area contributed by atoms with Gasteiger partial charge < -0.3 is 35.7 Å². The summed E-state index contributed by atoms with van der Waals surface area (Å²) in [7, 11) is -4.33. The summed E-state index contributed by atoms with van der Waals surface area (Å²) in [5.41, 5.74) is 4.38. The highest BCUT2D eigenvalue weighted by Crippen LogP contribution is 2.71. The Balaban J connectivity index is 1.02. The number of nitrogens with two attached hydrogens (primary N) is 1. The molecule has 2 amide bonds. The summed E-state index contributed by atoms with van der Waals surface area (Å²) < 4.78 is 51.3. The molecule has 2 aromatic rings. The monoisotopic (exact) mass is 1090 g/mol. The van der Waals surface area contributed by atoms with Crippen LogP contribution in [0.1, 0.15) is 158 Å². The highest BCUT2D eigenvalue weighted by Gasteiger charge is 2.76. The molecular weight excluding hydrogens is 1010 g/mol. The number of carbonyl (C=O) groups excluding carboxylic acids is 6. The first kappa shape index (κ1) is 59.9. The van der Waals surface area contributed by atoms with E-state index in [4.69, 9.17) is 33.5 Å². The molecule has 422 valence electrons. The molecule has 2 aromatic carbocycles. The molecule has 0 radical (unpaired) electrons. The third kappa shape index (κ3) is 13.5. The molecule has 7 rings (SSSR count). The van der Waals surface area contributed by atoms with Gasteiger partial charge in [0.2, 0.25) is 11.8 Å². The van der Waals surface area contributed by atoms with Gasteiger partial charge in [0.05, 0.1) is 35.5 Å². The van der Waals surface area contributed by atoms with Crippen LogP contribution in [0.5, 0.6) is 0 Å². The number of esters is 1. The number of aliphatic hydroxyl groups is 1. The Morgan fingerprint density at radius 1 is 0.909 bits per heavy atom. The van der Waals surface area contributed by atoms with Crippen LogP contribution in [0.3, 0.4) is 0 Å². The summed E-state index contributed by atoms with van der Waals surface area (Å²) in [6.07, 6.45) is 5.10. The Morgan fingerprint density at radius 2 is 1.57 bits per heavy atom. The van der Waals surface area contributed by atoms with E-state index in [0.29, 0.717) is 36.9 Å². The van der Waals surface area contributed by atoms with Crippen molar-refractivity contribution in [3.8, 4) is 0 Å². The number of aliphatic hydroxyl groups excluding tert-OH is 1. The Hall–Kier alpha value is -4.71. The predicted molar refractivity (Wildman–Crippen MR) is 289 cm³/mol. The lowest BCUT2D eigenvalue weighted by Crippen LogP contribution is -2.63. The third-order valence-electron chi connectivity index (χ3n) is 15.8. The van der Waals surface area contributed by atoms with Gasteiger partial charge in [0.25, 0.3) is 0 Å². The van der Waals surface area contributed by atoms with Gasteiger partial charge in [-0.25, -0.2) is 4.57 Å². The lowest BCUT2D eigenvalue weighted by atomic mass is 9.46. The molecule has 4 aliphatic carbocycles. The number of allylic oxidation sites excluding steroid dienone is 4. The fourth-order valence-electron chi connectivity index (χ4n) is 12.5. The number of carbonyl (C=O) groups is 6. The minimum Gasteiger partial charge on any atom is -0.460 e. The van der Waals surface area contributed by atoms with E-state index in [1.54, 1.807) is 87.5 Å². The molecule has 1 aliphatic heterocycles. The molecule has 0 spiro atoms. The van der Waals surface area contributed by atoms with Gasteiger partial charge in [-0.05, 0) is 155 Å². The zero-order valence-corrected chi connectivity index (χ0v) is 48.1. The first-order valence-electron chi connectivity index (χ1n) is 27.1. The number of hydrogen-bond donors (Lipinski definition) is 4. The first-order valence-corrected chi connectivity index (χ1v) is 28.5. The maximum atomic E-state index is 15.3. The molecule has 77 heavy (non-hydrogen) atoms. The SMILES string of the molecule is C[C@H](CC(=O)[C@H](C)NC(=O)[C@@H](N)CCC(=O)OC(C)(C)C)C(=O)Nc1cccc(Cc2ccc([C@@H]3O[C@@H]4C[C@H]5[C@@H]6CCC7=CC(=O)C=C[C@]7(C)[C@H]6[C@@H](O)C[C@]5(C)[C@]4(C(=O)COP(=O)(OC(C)(C)C)OC(C)(C)C)O3)cc2)c1. The second-order valence-electron chi connectivity index (χ2n) is 25.5. The fraction of sp³-hybridized carbons (Fsp3) is 0.627. The van der Waals surface area contributed by atoms with Crippen molar-refractivity contribution in [1.29, 1.82) is 0 Å². The average molecular weight is 1090 g/mol. The summed E-state index contributed by atoms with van der Waals surface area (Å²) in [5, 5.41) is 17.8. The molecule has 18 heteroatoms. The Morgan fingerprint density at radius 3 is 2.21 bits per heavy atom. The number of phosphoric ester groups is 1.